The van der Waals surface area contributed by atoms with E-state index in [4.69, 9.17) is 0 Å². The number of rotatable bonds is 1. The van der Waals surface area contributed by atoms with Crippen molar-refractivity contribution in [3.63, 3.8) is 0 Å². The fraction of sp³-hybridized carbons (Fsp3) is 0.538. The molecule has 2 atom stereocenters. The predicted octanol–water partition coefficient (Wildman–Crippen LogP) is 2.21. The Labute approximate surface area is 110 Å². The van der Waals surface area contributed by atoms with Crippen molar-refractivity contribution in [2.24, 2.45) is 5.92 Å². The molecule has 2 unspecified atom stereocenters. The molecule has 2 aromatic heterocycles. The van der Waals surface area contributed by atoms with Crippen molar-refractivity contribution in [1.82, 2.24) is 9.97 Å². The summed E-state index contributed by atoms with van der Waals surface area (Å²) in [4.78, 5) is 11.1. The lowest BCUT2D eigenvalue weighted by atomic mass is 9.97. The standard InChI is InChI=1S/C13H17N3OS/c1-8-5-16(4-3-10(8)17)13-12-11(14-7-15-13)9(2)6-18-12/h6-8,10,17H,3-5H2,1-2H3. The van der Waals surface area contributed by atoms with Gasteiger partial charge in [0, 0.05) is 13.1 Å². The van der Waals surface area contributed by atoms with Crippen molar-refractivity contribution in [2.75, 3.05) is 18.0 Å². The summed E-state index contributed by atoms with van der Waals surface area (Å²) < 4.78 is 1.17. The van der Waals surface area contributed by atoms with E-state index in [1.54, 1.807) is 17.7 Å². The zero-order valence-electron chi connectivity index (χ0n) is 10.6. The molecular weight excluding hydrogens is 246 g/mol. The van der Waals surface area contributed by atoms with E-state index < -0.39 is 0 Å². The second-order valence-corrected chi connectivity index (χ2v) is 5.95. The number of hydrogen-bond acceptors (Lipinski definition) is 5. The van der Waals surface area contributed by atoms with E-state index in [-0.39, 0.29) is 6.10 Å². The molecule has 1 N–H and O–H groups in total. The number of piperidine rings is 1. The molecule has 18 heavy (non-hydrogen) atoms. The highest BCUT2D eigenvalue weighted by Gasteiger charge is 2.26. The lowest BCUT2D eigenvalue weighted by Crippen LogP contribution is -2.42. The Bertz CT molecular complexity index is 568. The second-order valence-electron chi connectivity index (χ2n) is 5.07. The highest BCUT2D eigenvalue weighted by atomic mass is 32.1. The number of fused-ring (bicyclic) bond motifs is 1. The van der Waals surface area contributed by atoms with Crippen molar-refractivity contribution in [3.8, 4) is 0 Å². The summed E-state index contributed by atoms with van der Waals surface area (Å²) in [5.41, 5.74) is 2.27. The zero-order valence-corrected chi connectivity index (χ0v) is 11.4. The van der Waals surface area contributed by atoms with Gasteiger partial charge < -0.3 is 10.0 Å². The molecule has 0 radical (unpaired) electrons. The van der Waals surface area contributed by atoms with Crippen molar-refractivity contribution in [2.45, 2.75) is 26.4 Å². The third kappa shape index (κ3) is 1.87. The molecule has 3 heterocycles. The fourth-order valence-corrected chi connectivity index (χ4v) is 3.53. The Morgan fingerprint density at radius 3 is 3.06 bits per heavy atom. The van der Waals surface area contributed by atoms with Gasteiger partial charge in [-0.05, 0) is 30.2 Å². The van der Waals surface area contributed by atoms with Crippen molar-refractivity contribution in [1.29, 1.82) is 0 Å². The van der Waals surface area contributed by atoms with Crippen LogP contribution in [0.1, 0.15) is 18.9 Å². The third-order valence-corrected chi connectivity index (χ3v) is 4.75. The normalized spacial score (nSPS) is 24.7. The first kappa shape index (κ1) is 11.9. The number of anilines is 1. The number of aliphatic hydroxyl groups is 1. The summed E-state index contributed by atoms with van der Waals surface area (Å²) in [5, 5.41) is 11.9. The molecule has 96 valence electrons. The van der Waals surface area contributed by atoms with Crippen LogP contribution in [0.4, 0.5) is 5.82 Å². The van der Waals surface area contributed by atoms with Crippen molar-refractivity contribution >= 4 is 27.4 Å². The predicted molar refractivity (Wildman–Crippen MR) is 74.2 cm³/mol. The molecule has 4 nitrogen and oxygen atoms in total. The molecule has 0 aliphatic carbocycles. The van der Waals surface area contributed by atoms with Crippen LogP contribution >= 0.6 is 11.3 Å². The zero-order chi connectivity index (χ0) is 12.7. The highest BCUT2D eigenvalue weighted by molar-refractivity contribution is 7.18. The quantitative estimate of drug-likeness (QED) is 0.857. The first-order chi connectivity index (χ1) is 8.66. The average molecular weight is 263 g/mol. The second kappa shape index (κ2) is 4.48. The summed E-state index contributed by atoms with van der Waals surface area (Å²) in [6.45, 7) is 5.91. The molecule has 1 saturated heterocycles. The number of hydrogen-bond donors (Lipinski definition) is 1. The first-order valence-electron chi connectivity index (χ1n) is 6.28. The van der Waals surface area contributed by atoms with Gasteiger partial charge in [-0.1, -0.05) is 6.92 Å². The highest BCUT2D eigenvalue weighted by Crippen LogP contribution is 2.32. The summed E-state index contributed by atoms with van der Waals surface area (Å²) in [6.07, 6.45) is 2.29. The molecule has 1 aliphatic rings. The molecule has 3 rings (SSSR count). The van der Waals surface area contributed by atoms with Gasteiger partial charge in [-0.25, -0.2) is 9.97 Å². The van der Waals surface area contributed by atoms with E-state index in [1.807, 2.05) is 0 Å². The van der Waals surface area contributed by atoms with Gasteiger partial charge in [-0.2, -0.15) is 0 Å². The number of thiophene rings is 1. The van der Waals surface area contributed by atoms with Gasteiger partial charge in [-0.15, -0.1) is 11.3 Å². The smallest absolute Gasteiger partial charge is 0.150 e. The van der Waals surface area contributed by atoms with E-state index >= 15 is 0 Å². The van der Waals surface area contributed by atoms with Crippen LogP contribution in [0.5, 0.6) is 0 Å². The summed E-state index contributed by atoms with van der Waals surface area (Å²) in [7, 11) is 0. The Morgan fingerprint density at radius 2 is 2.28 bits per heavy atom. The van der Waals surface area contributed by atoms with E-state index in [0.717, 1.165) is 30.8 Å². The molecule has 5 heteroatoms. The molecule has 0 bridgehead atoms. The van der Waals surface area contributed by atoms with E-state index in [0.29, 0.717) is 5.92 Å². The van der Waals surface area contributed by atoms with Crippen LogP contribution in [0.2, 0.25) is 0 Å². The first-order valence-corrected chi connectivity index (χ1v) is 7.16. The maximum atomic E-state index is 9.80. The van der Waals surface area contributed by atoms with Crippen LogP contribution in [0.25, 0.3) is 10.2 Å². The van der Waals surface area contributed by atoms with Gasteiger partial charge in [0.25, 0.3) is 0 Å². The summed E-state index contributed by atoms with van der Waals surface area (Å²) >= 11 is 1.71. The van der Waals surface area contributed by atoms with Crippen LogP contribution in [-0.2, 0) is 0 Å². The monoisotopic (exact) mass is 263 g/mol. The summed E-state index contributed by atoms with van der Waals surface area (Å²) in [6, 6.07) is 0. The lowest BCUT2D eigenvalue weighted by molar-refractivity contribution is 0.0970. The number of aromatic nitrogens is 2. The van der Waals surface area contributed by atoms with Gasteiger partial charge in [0.2, 0.25) is 0 Å². The largest absolute Gasteiger partial charge is 0.393 e. The molecule has 2 aromatic rings. The van der Waals surface area contributed by atoms with E-state index in [9.17, 15) is 5.11 Å². The minimum atomic E-state index is -0.177. The molecule has 1 aliphatic heterocycles. The Kier molecular flexibility index (Phi) is 2.95. The van der Waals surface area contributed by atoms with Crippen LogP contribution < -0.4 is 4.90 Å². The minimum absolute atomic E-state index is 0.177. The maximum Gasteiger partial charge on any atom is 0.150 e. The Balaban J connectivity index is 1.99. The van der Waals surface area contributed by atoms with Gasteiger partial charge in [0.05, 0.1) is 16.3 Å². The number of aryl methyl sites for hydroxylation is 1. The molecular formula is C13H17N3OS. The van der Waals surface area contributed by atoms with Crippen molar-refractivity contribution in [3.05, 3.63) is 17.3 Å². The Hall–Kier alpha value is -1.20. The van der Waals surface area contributed by atoms with Crippen LogP contribution in [0, 0.1) is 12.8 Å². The minimum Gasteiger partial charge on any atom is -0.393 e. The fourth-order valence-electron chi connectivity index (χ4n) is 2.51. The summed E-state index contributed by atoms with van der Waals surface area (Å²) in [5.74, 6) is 1.32. The number of aliphatic hydroxyl groups excluding tert-OH is 1. The van der Waals surface area contributed by atoms with Gasteiger partial charge >= 0.3 is 0 Å². The average Bonchev–Trinajstić information content (AvgIpc) is 2.75. The van der Waals surface area contributed by atoms with Crippen LogP contribution in [0.3, 0.4) is 0 Å². The SMILES string of the molecule is Cc1csc2c(N3CCC(O)C(C)C3)ncnc12. The molecule has 0 saturated carbocycles. The van der Waals surface area contributed by atoms with E-state index in [1.165, 1.54) is 10.3 Å². The van der Waals surface area contributed by atoms with Crippen LogP contribution in [0.15, 0.2) is 11.7 Å². The van der Waals surface area contributed by atoms with Crippen molar-refractivity contribution < 1.29 is 5.11 Å². The van der Waals surface area contributed by atoms with Gasteiger partial charge in [0.1, 0.15) is 12.1 Å². The molecule has 0 aromatic carbocycles. The van der Waals surface area contributed by atoms with Gasteiger partial charge in [0.15, 0.2) is 0 Å². The molecule has 0 amide bonds. The third-order valence-electron chi connectivity index (χ3n) is 3.67. The topological polar surface area (TPSA) is 49.2 Å². The van der Waals surface area contributed by atoms with E-state index in [2.05, 4.69) is 34.1 Å². The lowest BCUT2D eigenvalue weighted by Gasteiger charge is -2.35. The maximum absolute atomic E-state index is 9.80. The van der Waals surface area contributed by atoms with Gasteiger partial charge in [-0.3, -0.25) is 0 Å². The van der Waals surface area contributed by atoms with Crippen LogP contribution in [-0.4, -0.2) is 34.3 Å². The number of nitrogens with zero attached hydrogens (tertiary/aromatic N) is 3. The molecule has 0 spiro atoms. The Morgan fingerprint density at radius 1 is 1.44 bits per heavy atom. The molecule has 1 fully saturated rings.